The lowest BCUT2D eigenvalue weighted by Gasteiger charge is -2.11. The molecule has 31 heavy (non-hydrogen) atoms. The van der Waals surface area contributed by atoms with Crippen LogP contribution < -0.4 is 20.1 Å². The molecule has 0 bridgehead atoms. The Morgan fingerprint density at radius 1 is 1.03 bits per heavy atom. The third-order valence-electron chi connectivity index (χ3n) is 4.32. The Morgan fingerprint density at radius 2 is 1.84 bits per heavy atom. The van der Waals surface area contributed by atoms with E-state index in [0.717, 1.165) is 34.5 Å². The number of benzene rings is 1. The highest BCUT2D eigenvalue weighted by Gasteiger charge is 2.06. The van der Waals surface area contributed by atoms with Crippen molar-refractivity contribution in [3.63, 3.8) is 0 Å². The van der Waals surface area contributed by atoms with Crippen molar-refractivity contribution in [2.75, 3.05) is 19.8 Å². The van der Waals surface area contributed by atoms with Gasteiger partial charge >= 0.3 is 0 Å². The maximum Gasteiger partial charge on any atom is 0.213 e. The summed E-state index contributed by atoms with van der Waals surface area (Å²) in [5, 5.41) is 7.72. The average molecular weight is 440 g/mol. The van der Waals surface area contributed by atoms with Crippen LogP contribution in [0.15, 0.2) is 53.7 Å². The Hall–Kier alpha value is -3.13. The lowest BCUT2D eigenvalue weighted by molar-refractivity contribution is 0.212. The molecule has 0 radical (unpaired) electrons. The maximum atomic E-state index is 5.65. The molecule has 0 amide bonds. The van der Waals surface area contributed by atoms with E-state index in [1.54, 1.807) is 17.5 Å². The van der Waals surface area contributed by atoms with E-state index in [2.05, 4.69) is 32.5 Å². The summed E-state index contributed by atoms with van der Waals surface area (Å²) in [6, 6.07) is 13.5. The lowest BCUT2D eigenvalue weighted by Crippen LogP contribution is -2.36. The molecule has 0 fully saturated rings. The number of aromatic nitrogens is 2. The van der Waals surface area contributed by atoms with Gasteiger partial charge in [-0.15, -0.1) is 11.3 Å². The van der Waals surface area contributed by atoms with Gasteiger partial charge in [0.25, 0.3) is 0 Å². The van der Waals surface area contributed by atoms with E-state index in [-0.39, 0.29) is 0 Å². The molecule has 3 rings (SSSR count). The third-order valence-corrected chi connectivity index (χ3v) is 5.40. The molecule has 3 aromatic rings. The molecule has 0 spiro atoms. The van der Waals surface area contributed by atoms with Gasteiger partial charge in [0, 0.05) is 23.7 Å². The van der Waals surface area contributed by atoms with Crippen LogP contribution in [0.5, 0.6) is 11.6 Å². The zero-order chi connectivity index (χ0) is 21.9. The van der Waals surface area contributed by atoms with E-state index in [1.807, 2.05) is 56.3 Å². The van der Waals surface area contributed by atoms with Gasteiger partial charge in [0.2, 0.25) is 5.88 Å². The van der Waals surface area contributed by atoms with E-state index in [4.69, 9.17) is 9.47 Å². The molecule has 2 N–H and O–H groups in total. The van der Waals surface area contributed by atoms with Crippen LogP contribution in [0.4, 0.5) is 0 Å². The monoisotopic (exact) mass is 439 g/mol. The number of nitrogens with zero attached hydrogens (tertiary/aromatic N) is 3. The second-order valence-electron chi connectivity index (χ2n) is 6.80. The molecule has 2 aromatic heterocycles. The summed E-state index contributed by atoms with van der Waals surface area (Å²) >= 11 is 1.71. The molecular formula is C23H29N5O2S. The molecule has 0 saturated carbocycles. The fourth-order valence-electron chi connectivity index (χ4n) is 2.83. The number of nitrogens with one attached hydrogen (secondary N) is 2. The van der Waals surface area contributed by atoms with Crippen molar-refractivity contribution < 1.29 is 9.47 Å². The smallest absolute Gasteiger partial charge is 0.213 e. The SMILES string of the molecule is CCNC(=NCc1ccc(OCCOc2ccccc2)nc1)NCc1sc(C)nc1C. The zero-order valence-electron chi connectivity index (χ0n) is 18.2. The molecule has 0 atom stereocenters. The second-order valence-corrected chi connectivity index (χ2v) is 8.09. The van der Waals surface area contributed by atoms with Crippen LogP contribution in [-0.2, 0) is 13.1 Å². The summed E-state index contributed by atoms with van der Waals surface area (Å²) in [4.78, 5) is 14.7. The maximum absolute atomic E-state index is 5.65. The molecule has 8 heteroatoms. The highest BCUT2D eigenvalue weighted by atomic mass is 32.1. The summed E-state index contributed by atoms with van der Waals surface area (Å²) in [6.07, 6.45) is 1.79. The summed E-state index contributed by atoms with van der Waals surface area (Å²) in [7, 11) is 0. The van der Waals surface area contributed by atoms with E-state index in [0.29, 0.717) is 32.2 Å². The first-order valence-electron chi connectivity index (χ1n) is 10.3. The van der Waals surface area contributed by atoms with Crippen LogP contribution in [0, 0.1) is 13.8 Å². The minimum atomic E-state index is 0.435. The van der Waals surface area contributed by atoms with Crippen molar-refractivity contribution in [1.29, 1.82) is 0 Å². The van der Waals surface area contributed by atoms with Crippen molar-refractivity contribution in [2.24, 2.45) is 4.99 Å². The molecule has 0 aliphatic heterocycles. The Kier molecular flexibility index (Phi) is 8.66. The summed E-state index contributed by atoms with van der Waals surface area (Å²) in [5.41, 5.74) is 2.08. The van der Waals surface area contributed by atoms with Gasteiger partial charge in [-0.1, -0.05) is 24.3 Å². The number of hydrogen-bond donors (Lipinski definition) is 2. The normalized spacial score (nSPS) is 11.3. The number of aryl methyl sites for hydroxylation is 2. The molecule has 0 aliphatic rings. The lowest BCUT2D eigenvalue weighted by atomic mass is 10.3. The number of aliphatic imine (C=N–C) groups is 1. The van der Waals surface area contributed by atoms with Gasteiger partial charge < -0.3 is 20.1 Å². The van der Waals surface area contributed by atoms with Crippen molar-refractivity contribution in [2.45, 2.75) is 33.9 Å². The summed E-state index contributed by atoms with van der Waals surface area (Å²) in [6.45, 7) is 9.04. The molecule has 0 unspecified atom stereocenters. The fourth-order valence-corrected chi connectivity index (χ4v) is 3.70. The first-order valence-corrected chi connectivity index (χ1v) is 11.2. The summed E-state index contributed by atoms with van der Waals surface area (Å²) < 4.78 is 11.3. The quantitative estimate of drug-likeness (QED) is 0.284. The van der Waals surface area contributed by atoms with Gasteiger partial charge in [0.05, 0.1) is 23.8 Å². The largest absolute Gasteiger partial charge is 0.490 e. The summed E-state index contributed by atoms with van der Waals surface area (Å²) in [5.74, 6) is 2.18. The van der Waals surface area contributed by atoms with E-state index in [9.17, 15) is 0 Å². The van der Waals surface area contributed by atoms with Crippen molar-refractivity contribution in [1.82, 2.24) is 20.6 Å². The number of para-hydroxylation sites is 1. The zero-order valence-corrected chi connectivity index (χ0v) is 19.0. The highest BCUT2D eigenvalue weighted by Crippen LogP contribution is 2.16. The van der Waals surface area contributed by atoms with Gasteiger partial charge in [-0.25, -0.2) is 15.0 Å². The van der Waals surface area contributed by atoms with Crippen LogP contribution in [0.2, 0.25) is 0 Å². The number of thiazole rings is 1. The van der Waals surface area contributed by atoms with Gasteiger partial charge in [-0.2, -0.15) is 0 Å². The standard InChI is InChI=1S/C23H29N5O2S/c1-4-24-23(27-16-21-17(2)28-18(3)31-21)26-15-19-10-11-22(25-14-19)30-13-12-29-20-8-6-5-7-9-20/h5-11,14H,4,12-13,15-16H2,1-3H3,(H2,24,26,27). The number of ether oxygens (including phenoxy) is 2. The number of guanidine groups is 1. The van der Waals surface area contributed by atoms with Crippen molar-refractivity contribution in [3.8, 4) is 11.6 Å². The van der Waals surface area contributed by atoms with Crippen LogP contribution in [0.25, 0.3) is 0 Å². The van der Waals surface area contributed by atoms with Gasteiger partial charge in [-0.05, 0) is 38.5 Å². The molecule has 164 valence electrons. The second kappa shape index (κ2) is 11.9. The van der Waals surface area contributed by atoms with E-state index >= 15 is 0 Å². The number of pyridine rings is 1. The Balaban J connectivity index is 1.45. The predicted molar refractivity (Wildman–Crippen MR) is 125 cm³/mol. The van der Waals surface area contributed by atoms with Gasteiger partial charge in [-0.3, -0.25) is 0 Å². The number of rotatable bonds is 10. The predicted octanol–water partition coefficient (Wildman–Crippen LogP) is 3.87. The molecule has 7 nitrogen and oxygen atoms in total. The average Bonchev–Trinajstić information content (AvgIpc) is 3.11. The van der Waals surface area contributed by atoms with Crippen LogP contribution >= 0.6 is 11.3 Å². The van der Waals surface area contributed by atoms with Crippen LogP contribution in [0.1, 0.15) is 28.1 Å². The van der Waals surface area contributed by atoms with Gasteiger partial charge in [0.15, 0.2) is 5.96 Å². The molecule has 0 aliphatic carbocycles. The first kappa shape index (κ1) is 22.6. The highest BCUT2D eigenvalue weighted by molar-refractivity contribution is 7.11. The van der Waals surface area contributed by atoms with E-state index in [1.165, 1.54) is 4.88 Å². The Bertz CT molecular complexity index is 958. The minimum absolute atomic E-state index is 0.435. The van der Waals surface area contributed by atoms with Crippen molar-refractivity contribution in [3.05, 3.63) is 69.8 Å². The molecule has 2 heterocycles. The minimum Gasteiger partial charge on any atom is -0.490 e. The number of hydrogen-bond acceptors (Lipinski definition) is 6. The van der Waals surface area contributed by atoms with E-state index < -0.39 is 0 Å². The topological polar surface area (TPSA) is 80.7 Å². The Morgan fingerprint density at radius 3 is 2.52 bits per heavy atom. The fraction of sp³-hybridized carbons (Fsp3) is 0.348. The van der Waals surface area contributed by atoms with Crippen molar-refractivity contribution >= 4 is 17.3 Å². The first-order chi connectivity index (χ1) is 15.1. The third kappa shape index (κ3) is 7.57. The van der Waals surface area contributed by atoms with Crippen LogP contribution in [-0.4, -0.2) is 35.7 Å². The molecule has 1 aromatic carbocycles. The Labute approximate surface area is 187 Å². The van der Waals surface area contributed by atoms with Crippen LogP contribution in [0.3, 0.4) is 0 Å². The molecule has 0 saturated heterocycles. The van der Waals surface area contributed by atoms with Gasteiger partial charge in [0.1, 0.15) is 19.0 Å². The molecular weight excluding hydrogens is 410 g/mol.